The Hall–Kier alpha value is -0.980. The Balaban J connectivity index is 0.00000180. The van der Waals surface area contributed by atoms with Crippen LogP contribution in [0.3, 0.4) is 0 Å². The van der Waals surface area contributed by atoms with Crippen molar-refractivity contribution in [3.05, 3.63) is 18.2 Å². The smallest absolute Gasteiger partial charge is 0.387 e. The zero-order valence-corrected chi connectivity index (χ0v) is 12.7. The molecule has 0 aliphatic carbocycles. The molecule has 0 unspecified atom stereocenters. The Morgan fingerprint density at radius 3 is 2.30 bits per heavy atom. The second-order valence-corrected chi connectivity index (χ2v) is 4.39. The molecule has 0 atom stereocenters. The van der Waals surface area contributed by atoms with Crippen molar-refractivity contribution in [3.8, 4) is 5.75 Å². The molecule has 1 aromatic carbocycles. The van der Waals surface area contributed by atoms with Gasteiger partial charge in [0.2, 0.25) is 0 Å². The lowest BCUT2D eigenvalue weighted by molar-refractivity contribution is -0.0493. The van der Waals surface area contributed by atoms with Gasteiger partial charge in [-0.1, -0.05) is 0 Å². The zero-order valence-electron chi connectivity index (χ0n) is 11.1. The van der Waals surface area contributed by atoms with E-state index in [4.69, 9.17) is 5.73 Å². The van der Waals surface area contributed by atoms with Gasteiger partial charge in [0, 0.05) is 37.9 Å². The number of benzene rings is 1. The highest BCUT2D eigenvalue weighted by Gasteiger charge is 2.16. The number of hydrogen-bond donors (Lipinski definition) is 1. The molecule has 4 nitrogen and oxygen atoms in total. The highest BCUT2D eigenvalue weighted by atomic mass is 35.5. The molecule has 0 bridgehead atoms. The largest absolute Gasteiger partial charge is 0.433 e. The monoisotopic (exact) mass is 329 g/mol. The van der Waals surface area contributed by atoms with E-state index in [1.807, 2.05) is 6.07 Å². The molecule has 2 rings (SSSR count). The first-order chi connectivity index (χ1) is 8.56. The third kappa shape index (κ3) is 4.85. The molecule has 1 aliphatic heterocycles. The molecular formula is C12H19Cl2F2N3O. The quantitative estimate of drug-likeness (QED) is 0.865. The molecule has 0 spiro atoms. The molecule has 1 heterocycles. The highest BCUT2D eigenvalue weighted by Crippen LogP contribution is 2.29. The maximum absolute atomic E-state index is 12.2. The molecule has 1 aromatic rings. The summed E-state index contributed by atoms with van der Waals surface area (Å²) in [4.78, 5) is 4.36. The number of nitrogen functional groups attached to an aromatic ring is 1. The van der Waals surface area contributed by atoms with Gasteiger partial charge in [0.15, 0.2) is 5.75 Å². The fraction of sp³-hybridized carbons (Fsp3) is 0.500. The summed E-state index contributed by atoms with van der Waals surface area (Å²) < 4.78 is 28.9. The Bertz CT molecular complexity index is 416. The molecule has 116 valence electrons. The summed E-state index contributed by atoms with van der Waals surface area (Å²) in [5.74, 6) is 0.0430. The van der Waals surface area contributed by atoms with E-state index in [2.05, 4.69) is 21.6 Å². The molecule has 20 heavy (non-hydrogen) atoms. The maximum Gasteiger partial charge on any atom is 0.387 e. The summed E-state index contributed by atoms with van der Waals surface area (Å²) in [7, 11) is 2.06. The number of anilines is 2. The van der Waals surface area contributed by atoms with Gasteiger partial charge >= 0.3 is 6.61 Å². The van der Waals surface area contributed by atoms with Crippen LogP contribution in [-0.2, 0) is 0 Å². The summed E-state index contributed by atoms with van der Waals surface area (Å²) in [5.41, 5.74) is 6.70. The number of rotatable bonds is 3. The Kier molecular flexibility index (Phi) is 7.93. The van der Waals surface area contributed by atoms with Crippen LogP contribution in [0.15, 0.2) is 18.2 Å². The van der Waals surface area contributed by atoms with Crippen LogP contribution in [0.5, 0.6) is 5.75 Å². The van der Waals surface area contributed by atoms with Crippen LogP contribution in [0.25, 0.3) is 0 Å². The minimum absolute atomic E-state index is 0. The molecule has 2 N–H and O–H groups in total. The van der Waals surface area contributed by atoms with Gasteiger partial charge in [0.1, 0.15) is 0 Å². The Labute approximate surface area is 129 Å². The van der Waals surface area contributed by atoms with Gasteiger partial charge in [-0.2, -0.15) is 8.78 Å². The zero-order chi connectivity index (χ0) is 13.1. The van der Waals surface area contributed by atoms with E-state index in [9.17, 15) is 8.78 Å². The number of alkyl halides is 2. The molecule has 1 fully saturated rings. The van der Waals surface area contributed by atoms with E-state index < -0.39 is 6.61 Å². The second-order valence-electron chi connectivity index (χ2n) is 4.39. The van der Waals surface area contributed by atoms with Gasteiger partial charge in [-0.3, -0.25) is 0 Å². The van der Waals surface area contributed by atoms with Crippen LogP contribution in [0.4, 0.5) is 20.2 Å². The lowest BCUT2D eigenvalue weighted by Crippen LogP contribution is -2.44. The Morgan fingerprint density at radius 2 is 1.75 bits per heavy atom. The van der Waals surface area contributed by atoms with Crippen molar-refractivity contribution in [1.82, 2.24) is 4.90 Å². The number of halogens is 4. The van der Waals surface area contributed by atoms with Gasteiger partial charge < -0.3 is 20.3 Å². The van der Waals surface area contributed by atoms with Gasteiger partial charge in [-0.05, 0) is 19.2 Å². The number of ether oxygens (including phenoxy) is 1. The molecule has 0 radical (unpaired) electrons. The predicted molar refractivity (Wildman–Crippen MR) is 81.7 cm³/mol. The maximum atomic E-state index is 12.2. The molecular weight excluding hydrogens is 311 g/mol. The SMILES string of the molecule is CN1CCN(c2ccc(N)c(OC(F)F)c2)CC1.Cl.Cl. The van der Waals surface area contributed by atoms with Gasteiger partial charge in [-0.15, -0.1) is 24.8 Å². The van der Waals surface area contributed by atoms with Gasteiger partial charge in [-0.25, -0.2) is 0 Å². The van der Waals surface area contributed by atoms with Crippen molar-refractivity contribution >= 4 is 36.2 Å². The third-order valence-corrected chi connectivity index (χ3v) is 3.08. The van der Waals surface area contributed by atoms with Gasteiger partial charge in [0.05, 0.1) is 5.69 Å². The predicted octanol–water partition coefficient (Wildman–Crippen LogP) is 2.47. The summed E-state index contributed by atoms with van der Waals surface area (Å²) in [6.45, 7) is 0.795. The van der Waals surface area contributed by atoms with E-state index in [0.29, 0.717) is 0 Å². The van der Waals surface area contributed by atoms with Crippen LogP contribution < -0.4 is 15.4 Å². The minimum atomic E-state index is -2.85. The van der Waals surface area contributed by atoms with Crippen molar-refractivity contribution in [2.45, 2.75) is 6.61 Å². The summed E-state index contributed by atoms with van der Waals surface area (Å²) >= 11 is 0. The average Bonchev–Trinajstić information content (AvgIpc) is 2.32. The van der Waals surface area contributed by atoms with Crippen LogP contribution in [0, 0.1) is 0 Å². The number of nitrogens with two attached hydrogens (primary N) is 1. The summed E-state index contributed by atoms with van der Waals surface area (Å²) in [6, 6.07) is 5.01. The van der Waals surface area contributed by atoms with Crippen molar-refractivity contribution in [3.63, 3.8) is 0 Å². The second kappa shape index (κ2) is 8.34. The highest BCUT2D eigenvalue weighted by molar-refractivity contribution is 5.85. The summed E-state index contributed by atoms with van der Waals surface area (Å²) in [6.07, 6.45) is 0. The molecule has 0 saturated carbocycles. The molecule has 1 saturated heterocycles. The van der Waals surface area contributed by atoms with E-state index in [-0.39, 0.29) is 36.3 Å². The van der Waals surface area contributed by atoms with Crippen molar-refractivity contribution < 1.29 is 13.5 Å². The average molecular weight is 330 g/mol. The van der Waals surface area contributed by atoms with Crippen molar-refractivity contribution in [2.75, 3.05) is 43.9 Å². The molecule has 1 aliphatic rings. The lowest BCUT2D eigenvalue weighted by atomic mass is 10.2. The number of likely N-dealkylation sites (N-methyl/N-ethyl adjacent to an activating group) is 1. The van der Waals surface area contributed by atoms with Gasteiger partial charge in [0.25, 0.3) is 0 Å². The van der Waals surface area contributed by atoms with Crippen LogP contribution in [0.2, 0.25) is 0 Å². The van der Waals surface area contributed by atoms with Crippen LogP contribution in [-0.4, -0.2) is 44.7 Å². The molecule has 8 heteroatoms. The standard InChI is InChI=1S/C12H17F2N3O.2ClH/c1-16-4-6-17(7-5-16)9-2-3-10(15)11(8-9)18-12(13)14;;/h2-3,8,12H,4-7,15H2,1H3;2*1H. The van der Waals surface area contributed by atoms with Crippen LogP contribution >= 0.6 is 24.8 Å². The molecule has 0 aromatic heterocycles. The summed E-state index contributed by atoms with van der Waals surface area (Å²) in [5, 5.41) is 0. The molecule has 0 amide bonds. The first-order valence-corrected chi connectivity index (χ1v) is 5.84. The third-order valence-electron chi connectivity index (χ3n) is 3.08. The van der Waals surface area contributed by atoms with Crippen LogP contribution in [0.1, 0.15) is 0 Å². The number of nitrogens with zero attached hydrogens (tertiary/aromatic N) is 2. The van der Waals surface area contributed by atoms with E-state index in [1.54, 1.807) is 12.1 Å². The Morgan fingerprint density at radius 1 is 1.15 bits per heavy atom. The van der Waals surface area contributed by atoms with E-state index in [1.165, 1.54) is 0 Å². The topological polar surface area (TPSA) is 41.7 Å². The fourth-order valence-electron chi connectivity index (χ4n) is 1.98. The first kappa shape index (κ1) is 19.0. The number of piperazine rings is 1. The first-order valence-electron chi connectivity index (χ1n) is 5.84. The van der Waals surface area contributed by atoms with Crippen molar-refractivity contribution in [1.29, 1.82) is 0 Å². The van der Waals surface area contributed by atoms with E-state index >= 15 is 0 Å². The normalized spacial score (nSPS) is 15.5. The lowest BCUT2D eigenvalue weighted by Gasteiger charge is -2.34. The number of hydrogen-bond acceptors (Lipinski definition) is 4. The van der Waals surface area contributed by atoms with Crippen molar-refractivity contribution in [2.24, 2.45) is 0 Å². The minimum Gasteiger partial charge on any atom is -0.433 e. The van der Waals surface area contributed by atoms with E-state index in [0.717, 1.165) is 31.9 Å². The fourth-order valence-corrected chi connectivity index (χ4v) is 1.98.